The summed E-state index contributed by atoms with van der Waals surface area (Å²) in [5.74, 6) is -4.12. The zero-order valence-electron chi connectivity index (χ0n) is 38.1. The summed E-state index contributed by atoms with van der Waals surface area (Å²) in [6.07, 6.45) is 17.1. The number of rotatable bonds is 47. The van der Waals surface area contributed by atoms with Crippen molar-refractivity contribution < 1.29 is 67.8 Å². The first-order chi connectivity index (χ1) is 30.8. The van der Waals surface area contributed by atoms with Gasteiger partial charge in [0.25, 0.3) is 0 Å². The molecule has 0 bridgehead atoms. The van der Waals surface area contributed by atoms with Crippen molar-refractivity contribution >= 4 is 64.1 Å². The highest BCUT2D eigenvalue weighted by molar-refractivity contribution is 14.1. The number of carbonyl (C=O) groups excluding carboxylic acids is 4. The second kappa shape index (κ2) is 43.7. The molecule has 0 aliphatic heterocycles. The van der Waals surface area contributed by atoms with Crippen molar-refractivity contribution in [3.8, 4) is 0 Å². The van der Waals surface area contributed by atoms with Gasteiger partial charge in [-0.3, -0.25) is 28.8 Å². The van der Waals surface area contributed by atoms with E-state index in [9.17, 15) is 43.8 Å². The predicted molar refractivity (Wildman–Crippen MR) is 248 cm³/mol. The van der Waals surface area contributed by atoms with Gasteiger partial charge >= 0.3 is 17.9 Å². The Morgan fingerprint density at radius 2 is 0.906 bits per heavy atom. The summed E-state index contributed by atoms with van der Waals surface area (Å²) in [6, 6.07) is -1.82. The molecular formula is C43H79IN6O14. The van der Waals surface area contributed by atoms with Crippen LogP contribution in [0, 0.1) is 0 Å². The Bertz CT molecular complexity index is 1270. The van der Waals surface area contributed by atoms with Gasteiger partial charge < -0.3 is 55.5 Å². The minimum Gasteiger partial charge on any atom is -0.481 e. The van der Waals surface area contributed by atoms with Crippen LogP contribution in [0.15, 0.2) is 0 Å². The van der Waals surface area contributed by atoms with Crippen molar-refractivity contribution in [3.05, 3.63) is 0 Å². The summed E-state index contributed by atoms with van der Waals surface area (Å²) in [5, 5.41) is 39.7. The highest BCUT2D eigenvalue weighted by atomic mass is 127. The van der Waals surface area contributed by atoms with Crippen molar-refractivity contribution in [3.63, 3.8) is 0 Å². The van der Waals surface area contributed by atoms with E-state index in [0.29, 0.717) is 36.8 Å². The minimum atomic E-state index is -1.19. The van der Waals surface area contributed by atoms with E-state index in [1.54, 1.807) is 12.1 Å². The number of amides is 4. The van der Waals surface area contributed by atoms with Gasteiger partial charge in [0.2, 0.25) is 23.6 Å². The Hall–Kier alpha value is -3.22. The van der Waals surface area contributed by atoms with Gasteiger partial charge in [-0.2, -0.15) is 0 Å². The summed E-state index contributed by atoms with van der Waals surface area (Å²) >= 11 is 2.13. The van der Waals surface area contributed by atoms with Crippen molar-refractivity contribution in [2.24, 2.45) is 0 Å². The van der Waals surface area contributed by atoms with Crippen LogP contribution >= 0.6 is 22.6 Å². The first-order valence-corrected chi connectivity index (χ1v) is 24.5. The Labute approximate surface area is 393 Å². The van der Waals surface area contributed by atoms with Crippen molar-refractivity contribution in [1.82, 2.24) is 31.7 Å². The molecular weight excluding hydrogens is 951 g/mol. The van der Waals surface area contributed by atoms with E-state index in [1.807, 2.05) is 0 Å². The molecule has 0 aromatic carbocycles. The number of unbranched alkanes of at least 4 members (excludes halogenated alkanes) is 14. The van der Waals surface area contributed by atoms with Crippen molar-refractivity contribution in [2.75, 3.05) is 84.1 Å². The number of nitrogens with zero attached hydrogens (tertiary/aromatic N) is 1. The van der Waals surface area contributed by atoms with Crippen molar-refractivity contribution in [1.29, 1.82) is 0 Å². The topological polar surface area (TPSA) is 280 Å². The van der Waals surface area contributed by atoms with Gasteiger partial charge in [-0.1, -0.05) is 99.6 Å². The number of hydrogen-bond donors (Lipinski definition) is 8. The van der Waals surface area contributed by atoms with Crippen LogP contribution in [0.25, 0.3) is 0 Å². The van der Waals surface area contributed by atoms with Gasteiger partial charge in [0.05, 0.1) is 44.2 Å². The molecule has 2 atom stereocenters. The lowest BCUT2D eigenvalue weighted by molar-refractivity contribution is -0.142. The predicted octanol–water partition coefficient (Wildman–Crippen LogP) is 3.53. The van der Waals surface area contributed by atoms with Gasteiger partial charge in [0.1, 0.15) is 25.3 Å². The number of ether oxygens (including phenoxy) is 4. The van der Waals surface area contributed by atoms with E-state index >= 15 is 0 Å². The van der Waals surface area contributed by atoms with E-state index < -0.39 is 30.0 Å². The Morgan fingerprint density at radius 1 is 0.469 bits per heavy atom. The summed E-state index contributed by atoms with van der Waals surface area (Å²) in [5.41, 5.74) is 2.91. The molecule has 0 saturated carbocycles. The lowest BCUT2D eigenvalue weighted by Crippen LogP contribution is -2.46. The molecule has 4 amide bonds. The fourth-order valence-corrected chi connectivity index (χ4v) is 6.41. The van der Waals surface area contributed by atoms with Gasteiger partial charge in [-0.15, -0.1) is 0 Å². The largest absolute Gasteiger partial charge is 0.481 e. The van der Waals surface area contributed by atoms with Gasteiger partial charge in [-0.25, -0.2) is 15.2 Å². The number of alkyl halides is 1. The second-order valence-corrected chi connectivity index (χ2v) is 16.2. The lowest BCUT2D eigenvalue weighted by atomic mass is 10.0. The smallest absolute Gasteiger partial charge is 0.326 e. The summed E-state index contributed by atoms with van der Waals surface area (Å²) in [4.78, 5) is 81.9. The van der Waals surface area contributed by atoms with E-state index in [0.717, 1.165) is 44.9 Å². The third-order valence-corrected chi connectivity index (χ3v) is 10.8. The van der Waals surface area contributed by atoms with Gasteiger partial charge in [0.15, 0.2) is 0 Å². The van der Waals surface area contributed by atoms with Crippen LogP contribution in [0.1, 0.15) is 135 Å². The highest BCUT2D eigenvalue weighted by Crippen LogP contribution is 2.14. The number of hydrogen-bond acceptors (Lipinski definition) is 13. The van der Waals surface area contributed by atoms with Gasteiger partial charge in [-0.05, 0) is 38.5 Å². The molecule has 372 valence electrons. The standard InChI is InChI=1S/C43H79IN6O14/c1-50(34-44)49-36(43(59)60)18-16-17-23-45-39(53)32-63-30-29-62-27-25-47-40(54)33-64-31-28-61-26-24-46-37(51)22-21-35(42(57)58)48-38(52)19-14-12-10-8-6-4-2-3-5-7-9-11-13-15-20-41(55)56/h35-36,49H,2-34H2,1H3,(H,45,53)(H,46,51)(H,47,54)(H,48,52)(H,55,56)(H,57,58)(H,59,60)/t35-,36-/m0/s1. The molecule has 0 aromatic rings. The van der Waals surface area contributed by atoms with Crippen LogP contribution in [-0.4, -0.2) is 158 Å². The zero-order chi connectivity index (χ0) is 47.5. The molecule has 21 heteroatoms. The SMILES string of the molecule is CN(CI)N[C@@H](CCCCNC(=O)COCCOCCNC(=O)COCCOCCNC(=O)CC[C@H](NC(=O)CCCCCCCCCCCCCCCCC(=O)O)C(=O)O)C(=O)O. The average Bonchev–Trinajstić information content (AvgIpc) is 3.25. The van der Waals surface area contributed by atoms with Crippen LogP contribution in [0.4, 0.5) is 0 Å². The average molecular weight is 1030 g/mol. The minimum absolute atomic E-state index is 0.0317. The van der Waals surface area contributed by atoms with E-state index in [4.69, 9.17) is 24.1 Å². The molecule has 0 unspecified atom stereocenters. The van der Waals surface area contributed by atoms with Crippen LogP contribution < -0.4 is 26.7 Å². The van der Waals surface area contributed by atoms with E-state index in [1.165, 1.54) is 38.5 Å². The third-order valence-electron chi connectivity index (χ3n) is 9.78. The maximum atomic E-state index is 12.3. The third kappa shape index (κ3) is 41.5. The van der Waals surface area contributed by atoms with Crippen LogP contribution in [-0.2, 0) is 52.5 Å². The molecule has 0 aliphatic carbocycles. The van der Waals surface area contributed by atoms with Crippen LogP contribution in [0.5, 0.6) is 0 Å². The number of carboxylic acid groups (broad SMARTS) is 3. The highest BCUT2D eigenvalue weighted by Gasteiger charge is 2.21. The number of aliphatic carboxylic acids is 3. The number of halogens is 1. The lowest BCUT2D eigenvalue weighted by Gasteiger charge is -2.21. The summed E-state index contributed by atoms with van der Waals surface area (Å²) < 4.78 is 22.0. The molecule has 0 rings (SSSR count). The normalized spacial score (nSPS) is 12.1. The molecule has 0 aliphatic rings. The van der Waals surface area contributed by atoms with E-state index in [2.05, 4.69) is 49.3 Å². The monoisotopic (exact) mass is 1030 g/mol. The maximum absolute atomic E-state index is 12.3. The molecule has 0 fully saturated rings. The molecule has 0 heterocycles. The Balaban J connectivity index is 3.68. The second-order valence-electron chi connectivity index (χ2n) is 15.6. The maximum Gasteiger partial charge on any atom is 0.326 e. The summed E-state index contributed by atoms with van der Waals surface area (Å²) in [6.45, 7) is 1.81. The molecule has 0 radical (unpaired) electrons. The van der Waals surface area contributed by atoms with Gasteiger partial charge in [0, 0.05) is 45.9 Å². The first kappa shape index (κ1) is 60.8. The fourth-order valence-electron chi connectivity index (χ4n) is 6.21. The first-order valence-electron chi connectivity index (χ1n) is 23.0. The molecule has 8 N–H and O–H groups in total. The molecule has 0 spiro atoms. The Morgan fingerprint density at radius 3 is 1.38 bits per heavy atom. The Kier molecular flexibility index (Phi) is 41.5. The molecule has 0 saturated heterocycles. The molecule has 20 nitrogen and oxygen atoms in total. The number of carbonyl (C=O) groups is 7. The number of carboxylic acids is 3. The van der Waals surface area contributed by atoms with E-state index in [-0.39, 0.29) is 115 Å². The fraction of sp³-hybridized carbons (Fsp3) is 0.837. The molecule has 64 heavy (non-hydrogen) atoms. The number of nitrogens with one attached hydrogen (secondary N) is 5. The quantitative estimate of drug-likeness (QED) is 0.0142. The summed E-state index contributed by atoms with van der Waals surface area (Å²) in [7, 11) is 1.77. The molecule has 0 aromatic heterocycles. The number of hydrazine groups is 1. The van der Waals surface area contributed by atoms with Crippen LogP contribution in [0.3, 0.4) is 0 Å². The zero-order valence-corrected chi connectivity index (χ0v) is 40.3. The van der Waals surface area contributed by atoms with Crippen LogP contribution in [0.2, 0.25) is 0 Å². The van der Waals surface area contributed by atoms with Crippen molar-refractivity contribution in [2.45, 2.75) is 147 Å².